The zero-order valence-electron chi connectivity index (χ0n) is 9.85. The van der Waals surface area contributed by atoms with E-state index in [1.54, 1.807) is 0 Å². The minimum absolute atomic E-state index is 0.0176. The third-order valence-corrected chi connectivity index (χ3v) is 3.00. The zero-order chi connectivity index (χ0) is 14.5. The summed E-state index contributed by atoms with van der Waals surface area (Å²) in [5.74, 6) is -1.48. The summed E-state index contributed by atoms with van der Waals surface area (Å²) in [7, 11) is 0. The number of halogens is 3. The Morgan fingerprint density at radius 3 is 2.90 bits per heavy atom. The van der Waals surface area contributed by atoms with Gasteiger partial charge in [-0.15, -0.1) is 5.10 Å². The van der Waals surface area contributed by atoms with Gasteiger partial charge in [-0.3, -0.25) is 4.79 Å². The number of nitrogens with zero attached hydrogens (tertiary/aromatic N) is 2. The van der Waals surface area contributed by atoms with Crippen molar-refractivity contribution in [3.63, 3.8) is 0 Å². The lowest BCUT2D eigenvalue weighted by molar-refractivity contribution is -0.116. The number of alkyl halides is 2. The molecule has 1 aromatic carbocycles. The topological polar surface area (TPSA) is 63.0 Å². The van der Waals surface area contributed by atoms with Crippen molar-refractivity contribution in [3.8, 4) is 5.75 Å². The maximum absolute atomic E-state index is 13.4. The van der Waals surface area contributed by atoms with E-state index in [1.165, 1.54) is 12.1 Å². The predicted molar refractivity (Wildman–Crippen MR) is 68.7 cm³/mol. The van der Waals surface area contributed by atoms with E-state index in [0.717, 1.165) is 24.0 Å². The summed E-state index contributed by atoms with van der Waals surface area (Å²) in [6.45, 7) is -3.14. The highest BCUT2D eigenvalue weighted by Gasteiger charge is 2.16. The Balaban J connectivity index is 2.16. The quantitative estimate of drug-likeness (QED) is 0.683. The molecule has 1 aliphatic heterocycles. The van der Waals surface area contributed by atoms with Gasteiger partial charge < -0.3 is 10.1 Å². The average molecular weight is 303 g/mol. The maximum Gasteiger partial charge on any atom is 0.387 e. The minimum Gasteiger partial charge on any atom is -0.431 e. The molecule has 0 radical (unpaired) electrons. The highest BCUT2D eigenvalue weighted by molar-refractivity contribution is 8.15. The maximum atomic E-state index is 13.4. The van der Waals surface area contributed by atoms with Crippen molar-refractivity contribution in [3.05, 3.63) is 29.6 Å². The number of carbonyl (C=O) groups is 1. The smallest absolute Gasteiger partial charge is 0.387 e. The monoisotopic (exact) mass is 303 g/mol. The fourth-order valence-corrected chi connectivity index (χ4v) is 1.99. The first-order valence-electron chi connectivity index (χ1n) is 5.33. The van der Waals surface area contributed by atoms with Crippen LogP contribution >= 0.6 is 11.8 Å². The van der Waals surface area contributed by atoms with Crippen molar-refractivity contribution in [2.45, 2.75) is 6.61 Å². The van der Waals surface area contributed by atoms with E-state index in [4.69, 9.17) is 0 Å². The molecule has 1 aliphatic rings. The molecule has 1 heterocycles. The molecule has 1 aromatic rings. The lowest BCUT2D eigenvalue weighted by Crippen LogP contribution is -2.19. The molecular formula is C11H8F3N3O2S. The van der Waals surface area contributed by atoms with Gasteiger partial charge in [0.15, 0.2) is 16.7 Å². The Hall–Kier alpha value is -2.03. The van der Waals surface area contributed by atoms with Crippen LogP contribution in [0.25, 0.3) is 0 Å². The second kappa shape index (κ2) is 6.42. The fraction of sp³-hybridized carbons (Fsp3) is 0.182. The lowest BCUT2D eigenvalue weighted by atomic mass is 10.2. The van der Waals surface area contributed by atoms with Crippen LogP contribution in [0.5, 0.6) is 5.75 Å². The van der Waals surface area contributed by atoms with Crippen LogP contribution in [0.2, 0.25) is 0 Å². The van der Waals surface area contributed by atoms with E-state index in [1.807, 2.05) is 0 Å². The van der Waals surface area contributed by atoms with Gasteiger partial charge in [0.25, 0.3) is 0 Å². The number of hydrogen-bond acceptors (Lipinski definition) is 5. The Morgan fingerprint density at radius 1 is 1.45 bits per heavy atom. The van der Waals surface area contributed by atoms with Crippen molar-refractivity contribution < 1.29 is 22.7 Å². The van der Waals surface area contributed by atoms with E-state index >= 15 is 0 Å². The van der Waals surface area contributed by atoms with Gasteiger partial charge in [0.2, 0.25) is 5.91 Å². The number of benzene rings is 1. The summed E-state index contributed by atoms with van der Waals surface area (Å²) in [6, 6.07) is 3.67. The molecular weight excluding hydrogens is 295 g/mol. The third kappa shape index (κ3) is 3.73. The number of amidine groups is 1. The number of rotatable bonds is 4. The van der Waals surface area contributed by atoms with E-state index in [-0.39, 0.29) is 17.2 Å². The van der Waals surface area contributed by atoms with Crippen LogP contribution in [0, 0.1) is 5.82 Å². The molecule has 0 spiro atoms. The van der Waals surface area contributed by atoms with Gasteiger partial charge in [0, 0.05) is 5.56 Å². The van der Waals surface area contributed by atoms with E-state index < -0.39 is 18.2 Å². The molecule has 0 saturated carbocycles. The molecule has 1 N–H and O–H groups in total. The molecule has 1 saturated heterocycles. The van der Waals surface area contributed by atoms with Crippen LogP contribution in [-0.4, -0.2) is 29.7 Å². The van der Waals surface area contributed by atoms with Crippen LogP contribution in [0.4, 0.5) is 13.2 Å². The second-order valence-electron chi connectivity index (χ2n) is 3.52. The van der Waals surface area contributed by atoms with Gasteiger partial charge in [0.05, 0.1) is 12.0 Å². The van der Waals surface area contributed by atoms with Crippen molar-refractivity contribution in [1.82, 2.24) is 5.32 Å². The summed E-state index contributed by atoms with van der Waals surface area (Å²) >= 11 is 1.15. The summed E-state index contributed by atoms with van der Waals surface area (Å²) in [4.78, 5) is 10.9. The molecule has 1 fully saturated rings. The standard InChI is InChI=1S/C11H8F3N3O2S/c12-7-3-1-2-6(9(7)19-10(13)14)4-15-17-11-16-8(18)5-20-11/h1-4,10H,5H2,(H,16,17,18). The molecule has 2 rings (SSSR count). The molecule has 0 aromatic heterocycles. The fourth-order valence-electron chi connectivity index (χ4n) is 1.36. The minimum atomic E-state index is -3.14. The van der Waals surface area contributed by atoms with Crippen molar-refractivity contribution >= 4 is 29.1 Å². The van der Waals surface area contributed by atoms with Gasteiger partial charge in [-0.05, 0) is 12.1 Å². The number of thioether (sulfide) groups is 1. The molecule has 5 nitrogen and oxygen atoms in total. The summed E-state index contributed by atoms with van der Waals surface area (Å²) < 4.78 is 41.8. The van der Waals surface area contributed by atoms with E-state index in [9.17, 15) is 18.0 Å². The molecule has 20 heavy (non-hydrogen) atoms. The van der Waals surface area contributed by atoms with Crippen molar-refractivity contribution in [2.75, 3.05) is 5.75 Å². The normalized spacial score (nSPS) is 17.2. The van der Waals surface area contributed by atoms with Crippen LogP contribution in [0.15, 0.2) is 28.4 Å². The molecule has 0 aliphatic carbocycles. The molecule has 9 heteroatoms. The van der Waals surface area contributed by atoms with E-state index in [0.29, 0.717) is 5.17 Å². The van der Waals surface area contributed by atoms with Crippen molar-refractivity contribution in [1.29, 1.82) is 0 Å². The number of nitrogens with one attached hydrogen (secondary N) is 1. The average Bonchev–Trinajstić information content (AvgIpc) is 2.79. The van der Waals surface area contributed by atoms with Crippen LogP contribution in [0.3, 0.4) is 0 Å². The Morgan fingerprint density at radius 2 is 2.25 bits per heavy atom. The lowest BCUT2D eigenvalue weighted by Gasteiger charge is -2.07. The van der Waals surface area contributed by atoms with Crippen LogP contribution in [0.1, 0.15) is 5.56 Å². The van der Waals surface area contributed by atoms with Crippen LogP contribution in [-0.2, 0) is 4.79 Å². The van der Waals surface area contributed by atoms with Gasteiger partial charge in [-0.2, -0.15) is 13.9 Å². The van der Waals surface area contributed by atoms with Crippen LogP contribution < -0.4 is 10.1 Å². The largest absolute Gasteiger partial charge is 0.431 e. The summed E-state index contributed by atoms with van der Waals surface area (Å²) in [6.07, 6.45) is 1.07. The highest BCUT2D eigenvalue weighted by atomic mass is 32.2. The highest BCUT2D eigenvalue weighted by Crippen LogP contribution is 2.23. The summed E-state index contributed by atoms with van der Waals surface area (Å²) in [5, 5.41) is 10.00. The summed E-state index contributed by atoms with van der Waals surface area (Å²) in [5.41, 5.74) is 0.0176. The zero-order valence-corrected chi connectivity index (χ0v) is 10.7. The SMILES string of the molecule is O=C1CSC(=NN=Cc2cccc(F)c2OC(F)F)N1. The van der Waals surface area contributed by atoms with Gasteiger partial charge in [0.1, 0.15) is 0 Å². The van der Waals surface area contributed by atoms with Gasteiger partial charge >= 0.3 is 6.61 Å². The number of para-hydroxylation sites is 1. The molecule has 0 unspecified atom stereocenters. The number of ether oxygens (including phenoxy) is 1. The number of amides is 1. The number of hydrogen-bond donors (Lipinski definition) is 1. The van der Waals surface area contributed by atoms with Gasteiger partial charge in [-0.1, -0.05) is 17.8 Å². The number of carbonyl (C=O) groups excluding carboxylic acids is 1. The first-order chi connectivity index (χ1) is 9.56. The second-order valence-corrected chi connectivity index (χ2v) is 4.49. The molecule has 106 valence electrons. The Kier molecular flexibility index (Phi) is 4.61. The Bertz CT molecular complexity index is 578. The van der Waals surface area contributed by atoms with E-state index in [2.05, 4.69) is 20.3 Å². The first kappa shape index (κ1) is 14.4. The molecule has 0 bridgehead atoms. The predicted octanol–water partition coefficient (Wildman–Crippen LogP) is 1.98. The molecule has 1 amide bonds. The van der Waals surface area contributed by atoms with Crippen molar-refractivity contribution in [2.24, 2.45) is 10.2 Å². The third-order valence-electron chi connectivity index (χ3n) is 2.14. The first-order valence-corrected chi connectivity index (χ1v) is 6.32. The van der Waals surface area contributed by atoms with Gasteiger partial charge in [-0.25, -0.2) is 4.39 Å². The molecule has 0 atom stereocenters. The Labute approximate surface area is 115 Å².